The first-order valence-electron chi connectivity index (χ1n) is 8.94. The monoisotopic (exact) mass is 414 g/mol. The molecule has 3 heteroatoms. The fourth-order valence-electron chi connectivity index (χ4n) is 3.27. The topological polar surface area (TPSA) is 17.1 Å². The molecule has 132 valence electrons. The molecule has 1 atom stereocenters. The fourth-order valence-corrected chi connectivity index (χ4v) is 7.26. The Morgan fingerprint density at radius 2 is 1.56 bits per heavy atom. The van der Waals surface area contributed by atoms with Crippen LogP contribution in [0.1, 0.15) is 25.7 Å². The maximum Gasteiger partial charge on any atom is 0.190 e. The molecule has 0 N–H and O–H groups in total. The third kappa shape index (κ3) is 5.02. The molecule has 2 aromatic rings. The van der Waals surface area contributed by atoms with E-state index in [1.54, 1.807) is 0 Å². The lowest BCUT2D eigenvalue weighted by Gasteiger charge is -2.27. The van der Waals surface area contributed by atoms with Crippen LogP contribution in [0.4, 0.5) is 0 Å². The van der Waals surface area contributed by atoms with Gasteiger partial charge in [0.15, 0.2) is 8.07 Å². The van der Waals surface area contributed by atoms with Crippen molar-refractivity contribution in [2.75, 3.05) is 5.33 Å². The van der Waals surface area contributed by atoms with Crippen molar-refractivity contribution < 1.29 is 4.79 Å². The SMILES string of the molecule is C=CCCC(CBr)CCC(=O)[Si](C)(c1ccccc1)c1ccccc1. The molecule has 0 saturated carbocycles. The predicted molar refractivity (Wildman–Crippen MR) is 115 cm³/mol. The zero-order chi connectivity index (χ0) is 18.1. The average Bonchev–Trinajstić information content (AvgIpc) is 2.68. The third-order valence-electron chi connectivity index (χ3n) is 5.04. The zero-order valence-corrected chi connectivity index (χ0v) is 17.5. The number of carbonyl (C=O) groups excluding carboxylic acids is 1. The minimum Gasteiger partial charge on any atom is -0.305 e. The third-order valence-corrected chi connectivity index (χ3v) is 10.3. The number of hydrogen-bond acceptors (Lipinski definition) is 1. The molecule has 1 nitrogen and oxygen atoms in total. The Kier molecular flexibility index (Phi) is 7.85. The Hall–Kier alpha value is -1.45. The van der Waals surface area contributed by atoms with Gasteiger partial charge < -0.3 is 4.79 Å². The van der Waals surface area contributed by atoms with Crippen LogP contribution in [0.15, 0.2) is 73.3 Å². The van der Waals surface area contributed by atoms with Gasteiger partial charge in [-0.05, 0) is 35.6 Å². The van der Waals surface area contributed by atoms with Crippen molar-refractivity contribution in [3.63, 3.8) is 0 Å². The van der Waals surface area contributed by atoms with Crippen molar-refractivity contribution in [1.82, 2.24) is 0 Å². The molecule has 0 saturated heterocycles. The highest BCUT2D eigenvalue weighted by atomic mass is 79.9. The summed E-state index contributed by atoms with van der Waals surface area (Å²) >= 11 is 3.60. The van der Waals surface area contributed by atoms with E-state index in [0.717, 1.165) is 24.6 Å². The van der Waals surface area contributed by atoms with Gasteiger partial charge in [0.25, 0.3) is 0 Å². The largest absolute Gasteiger partial charge is 0.305 e. The zero-order valence-electron chi connectivity index (χ0n) is 15.0. The van der Waals surface area contributed by atoms with E-state index in [0.29, 0.717) is 17.7 Å². The highest BCUT2D eigenvalue weighted by Crippen LogP contribution is 2.19. The molecule has 25 heavy (non-hydrogen) atoms. The van der Waals surface area contributed by atoms with Crippen molar-refractivity contribution in [3.8, 4) is 0 Å². The first-order chi connectivity index (χ1) is 12.1. The van der Waals surface area contributed by atoms with Crippen molar-refractivity contribution in [2.45, 2.75) is 32.2 Å². The van der Waals surface area contributed by atoms with Crippen molar-refractivity contribution in [1.29, 1.82) is 0 Å². The molecule has 2 rings (SSSR count). The van der Waals surface area contributed by atoms with Crippen LogP contribution < -0.4 is 10.4 Å². The molecule has 0 heterocycles. The van der Waals surface area contributed by atoms with Gasteiger partial charge in [0, 0.05) is 11.8 Å². The van der Waals surface area contributed by atoms with E-state index in [2.05, 4.69) is 53.3 Å². The second kappa shape index (κ2) is 9.88. The maximum atomic E-state index is 13.4. The second-order valence-electron chi connectivity index (χ2n) is 6.71. The predicted octanol–water partition coefficient (Wildman–Crippen LogP) is 4.75. The molecule has 0 aromatic heterocycles. The first kappa shape index (κ1) is 19.9. The summed E-state index contributed by atoms with van der Waals surface area (Å²) in [7, 11) is -2.39. The van der Waals surface area contributed by atoms with Gasteiger partial charge in [-0.1, -0.05) is 89.2 Å². The fraction of sp³-hybridized carbons (Fsp3) is 0.318. The lowest BCUT2D eigenvalue weighted by molar-refractivity contribution is -0.112. The van der Waals surface area contributed by atoms with E-state index in [-0.39, 0.29) is 0 Å². The van der Waals surface area contributed by atoms with Crippen LogP contribution in [0.5, 0.6) is 0 Å². The Balaban J connectivity index is 2.24. The Morgan fingerprint density at radius 3 is 2.00 bits per heavy atom. The quantitative estimate of drug-likeness (QED) is 0.311. The molecule has 0 fully saturated rings. The highest BCUT2D eigenvalue weighted by molar-refractivity contribution is 9.09. The number of benzene rings is 2. The van der Waals surface area contributed by atoms with Crippen LogP contribution in [0, 0.1) is 5.92 Å². The normalized spacial score (nSPS) is 12.6. The summed E-state index contributed by atoms with van der Waals surface area (Å²) < 4.78 is 0. The summed E-state index contributed by atoms with van der Waals surface area (Å²) in [6.45, 7) is 6.01. The van der Waals surface area contributed by atoms with Gasteiger partial charge in [0.2, 0.25) is 0 Å². The molecule has 1 unspecified atom stereocenters. The summed E-state index contributed by atoms with van der Waals surface area (Å²) in [6.07, 6.45) is 5.66. The van der Waals surface area contributed by atoms with E-state index in [1.165, 1.54) is 10.4 Å². The molecule has 0 spiro atoms. The van der Waals surface area contributed by atoms with Gasteiger partial charge >= 0.3 is 0 Å². The molecule has 0 bridgehead atoms. The maximum absolute atomic E-state index is 13.4. The van der Waals surface area contributed by atoms with E-state index in [1.807, 2.05) is 42.5 Å². The number of alkyl halides is 1. The lowest BCUT2D eigenvalue weighted by atomic mass is 10.0. The van der Waals surface area contributed by atoms with E-state index in [4.69, 9.17) is 0 Å². The average molecular weight is 415 g/mol. The van der Waals surface area contributed by atoms with Crippen LogP contribution in [-0.2, 0) is 4.79 Å². The van der Waals surface area contributed by atoms with Gasteiger partial charge in [-0.3, -0.25) is 0 Å². The van der Waals surface area contributed by atoms with E-state index >= 15 is 0 Å². The van der Waals surface area contributed by atoms with Crippen LogP contribution in [0.25, 0.3) is 0 Å². The van der Waals surface area contributed by atoms with E-state index in [9.17, 15) is 4.79 Å². The minimum absolute atomic E-state index is 0.425. The van der Waals surface area contributed by atoms with Crippen molar-refractivity contribution >= 4 is 39.8 Å². The van der Waals surface area contributed by atoms with Crippen LogP contribution in [0.2, 0.25) is 6.55 Å². The van der Waals surface area contributed by atoms with Crippen molar-refractivity contribution in [2.24, 2.45) is 5.92 Å². The Morgan fingerprint density at radius 1 is 1.04 bits per heavy atom. The number of carbonyl (C=O) groups is 1. The van der Waals surface area contributed by atoms with Gasteiger partial charge in [0.05, 0.1) is 0 Å². The van der Waals surface area contributed by atoms with Gasteiger partial charge in [-0.15, -0.1) is 6.58 Å². The lowest BCUT2D eigenvalue weighted by Crippen LogP contribution is -2.62. The Labute approximate surface area is 161 Å². The molecule has 2 aromatic carbocycles. The number of allylic oxidation sites excluding steroid dienone is 1. The van der Waals surface area contributed by atoms with Crippen LogP contribution in [0.3, 0.4) is 0 Å². The number of rotatable bonds is 10. The smallest absolute Gasteiger partial charge is 0.190 e. The van der Waals surface area contributed by atoms with Gasteiger partial charge in [0.1, 0.15) is 5.41 Å². The number of halogens is 1. The van der Waals surface area contributed by atoms with Gasteiger partial charge in [-0.25, -0.2) is 0 Å². The summed E-state index contributed by atoms with van der Waals surface area (Å²) in [6, 6.07) is 20.7. The molecule has 0 aliphatic heterocycles. The molecular formula is C22H27BrOSi. The first-order valence-corrected chi connectivity index (χ1v) is 12.6. The summed E-state index contributed by atoms with van der Waals surface area (Å²) in [5.74, 6) is 0.534. The standard InChI is InChI=1S/C22H27BrOSi/c1-3-4-11-19(18-23)16-17-22(24)25(2,20-12-7-5-8-13-20)21-14-9-6-10-15-21/h3,5-10,12-15,19H,1,4,11,16-18H2,2H3. The molecule has 0 aliphatic carbocycles. The second-order valence-corrected chi connectivity index (χ2v) is 11.3. The molecule has 0 amide bonds. The minimum atomic E-state index is -2.39. The van der Waals surface area contributed by atoms with Gasteiger partial charge in [-0.2, -0.15) is 0 Å². The molecule has 0 aliphatic rings. The molecule has 0 radical (unpaired) electrons. The summed E-state index contributed by atoms with van der Waals surface area (Å²) in [5, 5.41) is 3.78. The highest BCUT2D eigenvalue weighted by Gasteiger charge is 2.39. The number of hydrogen-bond donors (Lipinski definition) is 0. The summed E-state index contributed by atoms with van der Waals surface area (Å²) in [5.41, 5.74) is 0. The van der Waals surface area contributed by atoms with Crippen molar-refractivity contribution in [3.05, 3.63) is 73.3 Å². The van der Waals surface area contributed by atoms with Crippen LogP contribution >= 0.6 is 15.9 Å². The van der Waals surface area contributed by atoms with Crippen LogP contribution in [-0.4, -0.2) is 18.8 Å². The Bertz CT molecular complexity index is 629. The summed E-state index contributed by atoms with van der Waals surface area (Å²) in [4.78, 5) is 13.4. The molecular weight excluding hydrogens is 388 g/mol. The van der Waals surface area contributed by atoms with E-state index < -0.39 is 8.07 Å².